The average Bonchev–Trinajstić information content (AvgIpc) is 3.23. The van der Waals surface area contributed by atoms with Crippen LogP contribution >= 0.6 is 35.3 Å². The maximum absolute atomic E-state index is 13.4. The molecule has 0 radical (unpaired) electrons. The Kier molecular flexibility index (Phi) is 10.9. The number of ether oxygens (including phenoxy) is 1. The molecular weight excluding hydrogens is 530 g/mol. The van der Waals surface area contributed by atoms with Gasteiger partial charge >= 0.3 is 0 Å². The van der Waals surface area contributed by atoms with Crippen LogP contribution in [0.5, 0.6) is 0 Å². The summed E-state index contributed by atoms with van der Waals surface area (Å²) in [6.45, 7) is 7.12. The zero-order valence-corrected chi connectivity index (χ0v) is 21.5. The second-order valence-corrected chi connectivity index (χ2v) is 8.14. The van der Waals surface area contributed by atoms with Gasteiger partial charge in [0.2, 0.25) is 0 Å². The summed E-state index contributed by atoms with van der Waals surface area (Å²) >= 11 is 1.61. The van der Waals surface area contributed by atoms with E-state index >= 15 is 0 Å². The molecule has 2 aromatic rings. The molecule has 10 heteroatoms. The lowest BCUT2D eigenvalue weighted by Gasteiger charge is -2.35. The highest BCUT2D eigenvalue weighted by molar-refractivity contribution is 14.0. The smallest absolute Gasteiger partial charge is 0.191 e. The van der Waals surface area contributed by atoms with Crippen molar-refractivity contribution in [1.82, 2.24) is 20.5 Å². The monoisotopic (exact) mass is 562 g/mol. The quantitative estimate of drug-likeness (QED) is 0.293. The molecule has 0 saturated carbocycles. The van der Waals surface area contributed by atoms with Crippen molar-refractivity contribution in [3.8, 4) is 0 Å². The summed E-state index contributed by atoms with van der Waals surface area (Å²) in [5.74, 6) is 0.528. The molecule has 2 heterocycles. The molecule has 1 atom stereocenters. The highest BCUT2D eigenvalue weighted by Crippen LogP contribution is 2.22. The van der Waals surface area contributed by atoms with Crippen LogP contribution in [0.4, 0.5) is 9.52 Å². The lowest BCUT2D eigenvalue weighted by atomic mass is 10.0. The molecule has 3 rings (SSSR count). The Morgan fingerprint density at radius 1 is 1.26 bits per heavy atom. The predicted octanol–water partition coefficient (Wildman–Crippen LogP) is 3.09. The third-order valence-corrected chi connectivity index (χ3v) is 5.93. The first-order chi connectivity index (χ1) is 14.6. The van der Waals surface area contributed by atoms with Gasteiger partial charge in [0.1, 0.15) is 5.82 Å². The molecule has 1 aromatic carbocycles. The Balaban J connectivity index is 0.00000341. The number of nitrogens with zero attached hydrogens (tertiary/aromatic N) is 4. The van der Waals surface area contributed by atoms with Gasteiger partial charge < -0.3 is 20.3 Å². The second kappa shape index (κ2) is 13.1. The largest absolute Gasteiger partial charge is 0.379 e. The molecule has 0 aliphatic carbocycles. The summed E-state index contributed by atoms with van der Waals surface area (Å²) < 4.78 is 18.9. The minimum Gasteiger partial charge on any atom is -0.379 e. The van der Waals surface area contributed by atoms with Crippen LogP contribution in [0.25, 0.3) is 0 Å². The van der Waals surface area contributed by atoms with Crippen LogP contribution in [0.3, 0.4) is 0 Å². The van der Waals surface area contributed by atoms with Gasteiger partial charge in [0.15, 0.2) is 11.1 Å². The van der Waals surface area contributed by atoms with Gasteiger partial charge in [-0.2, -0.15) is 0 Å². The van der Waals surface area contributed by atoms with E-state index in [4.69, 9.17) is 9.73 Å². The highest BCUT2D eigenvalue weighted by atomic mass is 127. The summed E-state index contributed by atoms with van der Waals surface area (Å²) in [5, 5.41) is 9.77. The number of hydrogen-bond donors (Lipinski definition) is 2. The zero-order valence-electron chi connectivity index (χ0n) is 18.3. The minimum atomic E-state index is -0.220. The van der Waals surface area contributed by atoms with Crippen LogP contribution in [0.15, 0.2) is 34.6 Å². The number of guanidine groups is 1. The predicted molar refractivity (Wildman–Crippen MR) is 136 cm³/mol. The fourth-order valence-corrected chi connectivity index (χ4v) is 4.05. The molecule has 172 valence electrons. The number of benzene rings is 1. The van der Waals surface area contributed by atoms with E-state index in [1.54, 1.807) is 11.3 Å². The molecule has 1 aliphatic rings. The van der Waals surface area contributed by atoms with E-state index in [1.165, 1.54) is 12.1 Å². The number of aliphatic imine (C=N–C) groups is 1. The fraction of sp³-hybridized carbons (Fsp3) is 0.524. The van der Waals surface area contributed by atoms with Gasteiger partial charge in [-0.1, -0.05) is 12.1 Å². The molecule has 0 spiro atoms. The highest BCUT2D eigenvalue weighted by Gasteiger charge is 2.23. The number of morpholine rings is 1. The van der Waals surface area contributed by atoms with Crippen LogP contribution in [0.2, 0.25) is 0 Å². The van der Waals surface area contributed by atoms with Crippen molar-refractivity contribution >= 4 is 46.4 Å². The molecule has 1 fully saturated rings. The molecule has 2 N–H and O–H groups in total. The Hall–Kier alpha value is -1.50. The number of anilines is 1. The molecule has 1 aliphatic heterocycles. The SMILES string of the molecule is CCNC(=NCc1csc(N(C)C)n1)NCC(c1ccc(F)cc1)N1CCOCC1.I. The Morgan fingerprint density at radius 3 is 2.58 bits per heavy atom. The van der Waals surface area contributed by atoms with Crippen molar-refractivity contribution < 1.29 is 9.13 Å². The van der Waals surface area contributed by atoms with E-state index in [2.05, 4.69) is 20.5 Å². The van der Waals surface area contributed by atoms with E-state index in [0.29, 0.717) is 26.3 Å². The van der Waals surface area contributed by atoms with E-state index < -0.39 is 0 Å². The van der Waals surface area contributed by atoms with Crippen LogP contribution in [0.1, 0.15) is 24.2 Å². The molecule has 1 aromatic heterocycles. The van der Waals surface area contributed by atoms with Gasteiger partial charge in [0, 0.05) is 45.7 Å². The van der Waals surface area contributed by atoms with Crippen LogP contribution in [-0.4, -0.2) is 69.3 Å². The molecule has 0 amide bonds. The lowest BCUT2D eigenvalue weighted by Crippen LogP contribution is -2.46. The topological polar surface area (TPSA) is 65.0 Å². The van der Waals surface area contributed by atoms with Crippen LogP contribution in [-0.2, 0) is 11.3 Å². The van der Waals surface area contributed by atoms with Crippen molar-refractivity contribution in [2.24, 2.45) is 4.99 Å². The number of thiazole rings is 1. The van der Waals surface area contributed by atoms with Gasteiger partial charge in [0.05, 0.1) is 31.5 Å². The third kappa shape index (κ3) is 7.85. The van der Waals surface area contributed by atoms with Crippen molar-refractivity contribution in [3.63, 3.8) is 0 Å². The molecule has 1 unspecified atom stereocenters. The Morgan fingerprint density at radius 2 is 1.97 bits per heavy atom. The van der Waals surface area contributed by atoms with Crippen molar-refractivity contribution in [2.45, 2.75) is 19.5 Å². The summed E-state index contributed by atoms with van der Waals surface area (Å²) in [5.41, 5.74) is 2.03. The normalized spacial score (nSPS) is 15.8. The summed E-state index contributed by atoms with van der Waals surface area (Å²) in [6, 6.07) is 6.87. The van der Waals surface area contributed by atoms with E-state index in [1.807, 2.05) is 43.4 Å². The molecule has 0 bridgehead atoms. The fourth-order valence-electron chi connectivity index (χ4n) is 3.30. The standard InChI is InChI=1S/C21H31FN6OS.HI/c1-4-23-20(24-13-18-15-30-21(26-18)27(2)3)25-14-19(28-9-11-29-12-10-28)16-5-7-17(22)8-6-16;/h5-8,15,19H,4,9-14H2,1-3H3,(H2,23,24,25);1H. The number of rotatable bonds is 8. The summed E-state index contributed by atoms with van der Waals surface area (Å²) in [7, 11) is 3.97. The first kappa shape index (κ1) is 25.8. The van der Waals surface area contributed by atoms with Crippen LogP contribution < -0.4 is 15.5 Å². The van der Waals surface area contributed by atoms with Gasteiger partial charge in [-0.25, -0.2) is 14.4 Å². The van der Waals surface area contributed by atoms with E-state index in [0.717, 1.165) is 42.0 Å². The summed E-state index contributed by atoms with van der Waals surface area (Å²) in [4.78, 5) is 13.7. The summed E-state index contributed by atoms with van der Waals surface area (Å²) in [6.07, 6.45) is 0. The van der Waals surface area contributed by atoms with E-state index in [9.17, 15) is 4.39 Å². The van der Waals surface area contributed by atoms with Crippen molar-refractivity contribution in [2.75, 3.05) is 58.4 Å². The maximum atomic E-state index is 13.4. The number of nitrogens with one attached hydrogen (secondary N) is 2. The molecule has 31 heavy (non-hydrogen) atoms. The number of halogens is 2. The van der Waals surface area contributed by atoms with Gasteiger partial charge in [-0.3, -0.25) is 4.90 Å². The zero-order chi connectivity index (χ0) is 21.3. The molecule has 7 nitrogen and oxygen atoms in total. The molecule has 1 saturated heterocycles. The maximum Gasteiger partial charge on any atom is 0.191 e. The van der Waals surface area contributed by atoms with Gasteiger partial charge in [-0.05, 0) is 24.6 Å². The second-order valence-electron chi connectivity index (χ2n) is 7.31. The van der Waals surface area contributed by atoms with Gasteiger partial charge in [0.25, 0.3) is 0 Å². The minimum absolute atomic E-state index is 0. The number of aromatic nitrogens is 1. The average molecular weight is 562 g/mol. The van der Waals surface area contributed by atoms with E-state index in [-0.39, 0.29) is 35.8 Å². The van der Waals surface area contributed by atoms with Crippen molar-refractivity contribution in [1.29, 1.82) is 0 Å². The Labute approximate surface area is 205 Å². The first-order valence-electron chi connectivity index (χ1n) is 10.3. The first-order valence-corrected chi connectivity index (χ1v) is 11.2. The molecular formula is C21H32FIN6OS. The van der Waals surface area contributed by atoms with Crippen molar-refractivity contribution in [3.05, 3.63) is 46.7 Å². The Bertz CT molecular complexity index is 810. The van der Waals surface area contributed by atoms with Gasteiger partial charge in [-0.15, -0.1) is 35.3 Å². The van der Waals surface area contributed by atoms with Crippen LogP contribution in [0, 0.1) is 5.82 Å². The number of hydrogen-bond acceptors (Lipinski definition) is 6. The lowest BCUT2D eigenvalue weighted by molar-refractivity contribution is 0.0170. The third-order valence-electron chi connectivity index (χ3n) is 4.87.